The van der Waals surface area contributed by atoms with Crippen LogP contribution in [-0.4, -0.2) is 69.5 Å². The van der Waals surface area contributed by atoms with Crippen LogP contribution < -0.4 is 29.3 Å². The molecule has 2 aliphatic rings. The number of furan rings is 1. The van der Waals surface area contributed by atoms with E-state index >= 15 is 0 Å². The van der Waals surface area contributed by atoms with Gasteiger partial charge in [0.1, 0.15) is 23.3 Å². The summed E-state index contributed by atoms with van der Waals surface area (Å²) in [5.74, 6) is 1.89. The van der Waals surface area contributed by atoms with Gasteiger partial charge in [-0.15, -0.1) is 0 Å². The molecule has 0 bridgehead atoms. The predicted molar refractivity (Wildman–Crippen MR) is 148 cm³/mol. The summed E-state index contributed by atoms with van der Waals surface area (Å²) < 4.78 is 24.5. The van der Waals surface area contributed by atoms with Crippen molar-refractivity contribution in [3.05, 3.63) is 72.6 Å². The Balaban J connectivity index is 1.63. The molecule has 0 N–H and O–H groups in total. The molecular weight excluding hydrogens is 520 g/mol. The molecule has 1 aromatic carbocycles. The van der Waals surface area contributed by atoms with E-state index in [1.165, 1.54) is 15.9 Å². The number of anilines is 1. The molecule has 1 unspecified atom stereocenters. The second-order valence-corrected chi connectivity index (χ2v) is 10.4. The summed E-state index contributed by atoms with van der Waals surface area (Å²) in [7, 11) is 5.21. The Labute approximate surface area is 230 Å². The first-order valence-electron chi connectivity index (χ1n) is 12.8. The van der Waals surface area contributed by atoms with E-state index in [-0.39, 0.29) is 17.7 Å². The van der Waals surface area contributed by atoms with Gasteiger partial charge in [0.15, 0.2) is 10.7 Å². The molecule has 0 spiro atoms. The minimum Gasteiger partial charge on any atom is -0.497 e. The zero-order valence-corrected chi connectivity index (χ0v) is 23.5. The highest BCUT2D eigenvalue weighted by Crippen LogP contribution is 2.37. The van der Waals surface area contributed by atoms with E-state index in [4.69, 9.17) is 18.6 Å². The molecule has 0 saturated carbocycles. The Morgan fingerprint density at radius 1 is 1.15 bits per heavy atom. The summed E-state index contributed by atoms with van der Waals surface area (Å²) in [5.41, 5.74) is 1.06. The molecule has 0 amide bonds. The Kier molecular flexibility index (Phi) is 7.62. The van der Waals surface area contributed by atoms with Crippen molar-refractivity contribution in [2.45, 2.75) is 19.9 Å². The summed E-state index contributed by atoms with van der Waals surface area (Å²) in [5, 5.41) is 0. The van der Waals surface area contributed by atoms with Crippen LogP contribution in [0.4, 0.5) is 5.88 Å². The van der Waals surface area contributed by atoms with Gasteiger partial charge in [-0.05, 0) is 45.2 Å². The lowest BCUT2D eigenvalue weighted by Gasteiger charge is -2.32. The van der Waals surface area contributed by atoms with Gasteiger partial charge in [-0.2, -0.15) is 0 Å². The van der Waals surface area contributed by atoms with E-state index < -0.39 is 12.0 Å². The van der Waals surface area contributed by atoms with Gasteiger partial charge in [0.05, 0.1) is 36.6 Å². The lowest BCUT2D eigenvalue weighted by molar-refractivity contribution is -0.139. The number of carbonyl (C=O) groups is 1. The molecule has 1 saturated heterocycles. The van der Waals surface area contributed by atoms with E-state index in [9.17, 15) is 9.59 Å². The fourth-order valence-electron chi connectivity index (χ4n) is 4.88. The topological polar surface area (TPSA) is 98.7 Å². The number of allylic oxidation sites excluding steroid dienone is 1. The normalized spacial score (nSPS) is 18.1. The number of rotatable bonds is 7. The first-order chi connectivity index (χ1) is 18.8. The number of benzene rings is 1. The molecular formula is C28H32N4O6S. The number of esters is 1. The number of likely N-dealkylation sites (N-methyl/N-ethyl adjacent to an activating group) is 1. The largest absolute Gasteiger partial charge is 0.497 e. The first kappa shape index (κ1) is 26.8. The van der Waals surface area contributed by atoms with Gasteiger partial charge in [0.2, 0.25) is 0 Å². The number of hydrogen-bond donors (Lipinski definition) is 0. The summed E-state index contributed by atoms with van der Waals surface area (Å²) in [6.45, 7) is 7.36. The number of hydrogen-bond acceptors (Lipinski definition) is 10. The number of nitrogens with zero attached hydrogens (tertiary/aromatic N) is 4. The number of fused-ring (bicyclic) bond motifs is 1. The van der Waals surface area contributed by atoms with Gasteiger partial charge in [0, 0.05) is 43.9 Å². The number of ether oxygens (including phenoxy) is 3. The van der Waals surface area contributed by atoms with Crippen LogP contribution in [0.5, 0.6) is 11.5 Å². The van der Waals surface area contributed by atoms with Crippen molar-refractivity contribution in [1.82, 2.24) is 9.47 Å². The zero-order valence-electron chi connectivity index (χ0n) is 22.7. The maximum atomic E-state index is 13.9. The van der Waals surface area contributed by atoms with Crippen LogP contribution in [0, 0.1) is 0 Å². The van der Waals surface area contributed by atoms with Crippen LogP contribution in [0.25, 0.3) is 6.08 Å². The maximum absolute atomic E-state index is 13.9. The number of carbonyl (C=O) groups excluding carboxylic acids is 1. The highest BCUT2D eigenvalue weighted by molar-refractivity contribution is 7.07. The SMILES string of the molecule is CCOC(=O)C1=C(C)N=c2sc(=Cc3ccc(N4CCN(C)CC4)o3)c(=O)n2C1c1cc(OC)ccc1OC. The van der Waals surface area contributed by atoms with Gasteiger partial charge in [-0.25, -0.2) is 9.79 Å². The van der Waals surface area contributed by atoms with Crippen LogP contribution in [0.2, 0.25) is 0 Å². The molecule has 2 aliphatic heterocycles. The smallest absolute Gasteiger partial charge is 0.338 e. The quantitative estimate of drug-likeness (QED) is 0.412. The Bertz CT molecular complexity index is 1590. The third-order valence-electron chi connectivity index (χ3n) is 6.95. The number of piperazine rings is 1. The lowest BCUT2D eigenvalue weighted by Crippen LogP contribution is -2.44. The Morgan fingerprint density at radius 2 is 1.92 bits per heavy atom. The van der Waals surface area contributed by atoms with E-state index in [1.54, 1.807) is 52.3 Å². The Morgan fingerprint density at radius 3 is 2.62 bits per heavy atom. The van der Waals surface area contributed by atoms with E-state index in [0.29, 0.717) is 37.9 Å². The van der Waals surface area contributed by atoms with Gasteiger partial charge < -0.3 is 28.4 Å². The molecule has 0 radical (unpaired) electrons. The molecule has 0 aliphatic carbocycles. The number of methoxy groups -OCH3 is 2. The predicted octanol–water partition coefficient (Wildman–Crippen LogP) is 2.16. The first-order valence-corrected chi connectivity index (χ1v) is 13.6. The summed E-state index contributed by atoms with van der Waals surface area (Å²) in [4.78, 5) is 36.7. The number of aromatic nitrogens is 1. The minimum absolute atomic E-state index is 0.191. The molecule has 11 heteroatoms. The average molecular weight is 553 g/mol. The molecule has 10 nitrogen and oxygen atoms in total. The second kappa shape index (κ2) is 11.1. The van der Waals surface area contributed by atoms with Crippen molar-refractivity contribution in [2.24, 2.45) is 4.99 Å². The molecule has 206 valence electrons. The molecule has 1 atom stereocenters. The number of thiazole rings is 1. The average Bonchev–Trinajstić information content (AvgIpc) is 3.52. The highest BCUT2D eigenvalue weighted by atomic mass is 32.1. The van der Waals surface area contributed by atoms with Crippen molar-refractivity contribution in [1.29, 1.82) is 0 Å². The van der Waals surface area contributed by atoms with Gasteiger partial charge in [0.25, 0.3) is 5.56 Å². The van der Waals surface area contributed by atoms with Crippen molar-refractivity contribution in [3.63, 3.8) is 0 Å². The fourth-order valence-corrected chi connectivity index (χ4v) is 5.91. The van der Waals surface area contributed by atoms with Gasteiger partial charge >= 0.3 is 5.97 Å². The van der Waals surface area contributed by atoms with Crippen LogP contribution in [0.1, 0.15) is 31.2 Å². The van der Waals surface area contributed by atoms with Crippen molar-refractivity contribution in [2.75, 3.05) is 59.0 Å². The third-order valence-corrected chi connectivity index (χ3v) is 7.93. The van der Waals surface area contributed by atoms with Crippen molar-refractivity contribution >= 4 is 29.3 Å². The van der Waals surface area contributed by atoms with Crippen LogP contribution in [0.15, 0.2) is 55.8 Å². The molecule has 1 fully saturated rings. The molecule has 4 heterocycles. The maximum Gasteiger partial charge on any atom is 0.338 e. The van der Waals surface area contributed by atoms with Crippen LogP contribution >= 0.6 is 11.3 Å². The van der Waals surface area contributed by atoms with E-state index in [2.05, 4.69) is 21.8 Å². The standard InChI is InChI=1S/C28H32N4O6S/c1-6-37-27(34)24-17(2)29-28-32(25(24)20-15-18(35-4)7-9-21(20)36-5)26(33)22(39-28)16-19-8-10-23(38-19)31-13-11-30(3)12-14-31/h7-10,15-16,25H,6,11-14H2,1-5H3. The van der Waals surface area contributed by atoms with Crippen LogP contribution in [-0.2, 0) is 9.53 Å². The molecule has 39 heavy (non-hydrogen) atoms. The zero-order chi connectivity index (χ0) is 27.7. The Hall–Kier alpha value is -3.83. The fraction of sp³-hybridized carbons (Fsp3) is 0.393. The summed E-state index contributed by atoms with van der Waals surface area (Å²) in [6.07, 6.45) is 1.73. The summed E-state index contributed by atoms with van der Waals surface area (Å²) >= 11 is 1.24. The lowest BCUT2D eigenvalue weighted by atomic mass is 9.95. The molecule has 3 aromatic rings. The highest BCUT2D eigenvalue weighted by Gasteiger charge is 2.35. The molecule has 2 aromatic heterocycles. The van der Waals surface area contributed by atoms with Crippen LogP contribution in [0.3, 0.4) is 0 Å². The minimum atomic E-state index is -0.815. The van der Waals surface area contributed by atoms with Gasteiger partial charge in [-0.1, -0.05) is 11.3 Å². The monoisotopic (exact) mass is 552 g/mol. The molecule has 5 rings (SSSR count). The van der Waals surface area contributed by atoms with Gasteiger partial charge in [-0.3, -0.25) is 9.36 Å². The summed E-state index contributed by atoms with van der Waals surface area (Å²) in [6, 6.07) is 8.27. The van der Waals surface area contributed by atoms with E-state index in [1.807, 2.05) is 12.1 Å². The van der Waals surface area contributed by atoms with Crippen molar-refractivity contribution < 1.29 is 23.4 Å². The van der Waals surface area contributed by atoms with E-state index in [0.717, 1.165) is 32.1 Å². The third kappa shape index (κ3) is 5.11. The second-order valence-electron chi connectivity index (χ2n) is 9.38. The van der Waals surface area contributed by atoms with Crippen molar-refractivity contribution in [3.8, 4) is 11.5 Å².